The second-order valence-corrected chi connectivity index (χ2v) is 1.85. The molecule has 10 heavy (non-hydrogen) atoms. The SMILES string of the molecule is Cc1cc(O)nnc1C#N. The zero-order valence-electron chi connectivity index (χ0n) is 5.37. The fourth-order valence-corrected chi connectivity index (χ4v) is 0.582. The zero-order chi connectivity index (χ0) is 7.56. The number of nitriles is 1. The molecule has 0 saturated heterocycles. The Morgan fingerprint density at radius 1 is 1.60 bits per heavy atom. The lowest BCUT2D eigenvalue weighted by Gasteiger charge is -1.92. The Morgan fingerprint density at radius 2 is 2.30 bits per heavy atom. The maximum Gasteiger partial charge on any atom is 0.231 e. The summed E-state index contributed by atoms with van der Waals surface area (Å²) in [4.78, 5) is 0. The van der Waals surface area contributed by atoms with Crippen LogP contribution in [0, 0.1) is 18.3 Å². The Kier molecular flexibility index (Phi) is 1.50. The first kappa shape index (κ1) is 6.49. The molecule has 0 unspecified atom stereocenters. The Balaban J connectivity index is 3.23. The van der Waals surface area contributed by atoms with Gasteiger partial charge in [-0.1, -0.05) is 0 Å². The highest BCUT2D eigenvalue weighted by Crippen LogP contribution is 2.07. The highest BCUT2D eigenvalue weighted by atomic mass is 16.3. The van der Waals surface area contributed by atoms with Crippen molar-refractivity contribution in [2.75, 3.05) is 0 Å². The summed E-state index contributed by atoms with van der Waals surface area (Å²) in [6.07, 6.45) is 0. The number of aromatic nitrogens is 2. The molecule has 0 bridgehead atoms. The molecule has 4 heteroatoms. The molecule has 0 aliphatic rings. The standard InChI is InChI=1S/C6H5N3O/c1-4-2-6(10)9-8-5(4)3-7/h2H,1H3,(H,9,10). The number of hydrogen-bond donors (Lipinski definition) is 1. The monoisotopic (exact) mass is 135 g/mol. The van der Waals surface area contributed by atoms with Crippen molar-refractivity contribution in [2.24, 2.45) is 0 Å². The maximum absolute atomic E-state index is 8.75. The first-order chi connectivity index (χ1) is 4.74. The van der Waals surface area contributed by atoms with Crippen LogP contribution in [0.1, 0.15) is 11.3 Å². The van der Waals surface area contributed by atoms with Crippen LogP contribution < -0.4 is 0 Å². The molecule has 0 atom stereocenters. The van der Waals surface area contributed by atoms with Crippen LogP contribution in [-0.2, 0) is 0 Å². The quantitative estimate of drug-likeness (QED) is 0.557. The van der Waals surface area contributed by atoms with Crippen LogP contribution >= 0.6 is 0 Å². The lowest BCUT2D eigenvalue weighted by molar-refractivity contribution is 0.444. The van der Waals surface area contributed by atoms with Gasteiger partial charge in [0.15, 0.2) is 5.69 Å². The Labute approximate surface area is 57.8 Å². The normalized spacial score (nSPS) is 8.80. The molecule has 0 aliphatic heterocycles. The van der Waals surface area contributed by atoms with E-state index in [-0.39, 0.29) is 11.6 Å². The molecule has 0 fully saturated rings. The van der Waals surface area contributed by atoms with Gasteiger partial charge >= 0.3 is 0 Å². The minimum absolute atomic E-state index is 0.156. The van der Waals surface area contributed by atoms with Crippen LogP contribution in [0.15, 0.2) is 6.07 Å². The summed E-state index contributed by atoms with van der Waals surface area (Å²) in [5.41, 5.74) is 0.882. The Bertz CT molecular complexity index is 290. The summed E-state index contributed by atoms with van der Waals surface area (Å²) < 4.78 is 0. The van der Waals surface area contributed by atoms with Crippen molar-refractivity contribution >= 4 is 0 Å². The van der Waals surface area contributed by atoms with E-state index in [0.717, 1.165) is 0 Å². The van der Waals surface area contributed by atoms with E-state index in [0.29, 0.717) is 5.56 Å². The molecule has 50 valence electrons. The van der Waals surface area contributed by atoms with Crippen LogP contribution in [0.4, 0.5) is 0 Å². The molecular formula is C6H5N3O. The fourth-order valence-electron chi connectivity index (χ4n) is 0.582. The van der Waals surface area contributed by atoms with Gasteiger partial charge in [0.2, 0.25) is 5.88 Å². The van der Waals surface area contributed by atoms with Crippen molar-refractivity contribution in [1.29, 1.82) is 5.26 Å². The summed E-state index contributed by atoms with van der Waals surface area (Å²) in [5, 5.41) is 23.9. The molecule has 0 saturated carbocycles. The third-order valence-electron chi connectivity index (χ3n) is 1.08. The van der Waals surface area contributed by atoms with Gasteiger partial charge in [0.05, 0.1) is 0 Å². The van der Waals surface area contributed by atoms with E-state index < -0.39 is 0 Å². The second-order valence-electron chi connectivity index (χ2n) is 1.85. The number of aryl methyl sites for hydroxylation is 1. The zero-order valence-corrected chi connectivity index (χ0v) is 5.37. The topological polar surface area (TPSA) is 69.8 Å². The number of aromatic hydroxyl groups is 1. The first-order valence-electron chi connectivity index (χ1n) is 2.67. The summed E-state index contributed by atoms with van der Waals surface area (Å²) in [7, 11) is 0. The van der Waals surface area contributed by atoms with Crippen LogP contribution in [0.5, 0.6) is 5.88 Å². The van der Waals surface area contributed by atoms with Gasteiger partial charge < -0.3 is 5.11 Å². The lowest BCUT2D eigenvalue weighted by atomic mass is 10.2. The highest BCUT2D eigenvalue weighted by molar-refractivity contribution is 5.30. The largest absolute Gasteiger partial charge is 0.492 e. The molecule has 0 aliphatic carbocycles. The summed E-state index contributed by atoms with van der Waals surface area (Å²) in [6.45, 7) is 1.69. The van der Waals surface area contributed by atoms with Crippen molar-refractivity contribution in [3.05, 3.63) is 17.3 Å². The minimum Gasteiger partial charge on any atom is -0.492 e. The first-order valence-corrected chi connectivity index (χ1v) is 2.67. The molecule has 0 spiro atoms. The fraction of sp³-hybridized carbons (Fsp3) is 0.167. The van der Waals surface area contributed by atoms with Gasteiger partial charge in [-0.05, 0) is 12.5 Å². The Hall–Kier alpha value is -1.63. The van der Waals surface area contributed by atoms with Gasteiger partial charge in [0, 0.05) is 6.07 Å². The van der Waals surface area contributed by atoms with Gasteiger partial charge in [0.25, 0.3) is 0 Å². The highest BCUT2D eigenvalue weighted by Gasteiger charge is 1.98. The smallest absolute Gasteiger partial charge is 0.231 e. The van der Waals surface area contributed by atoms with Crippen LogP contribution in [0.2, 0.25) is 0 Å². The predicted octanol–water partition coefficient (Wildman–Crippen LogP) is 0.362. The van der Waals surface area contributed by atoms with Gasteiger partial charge in [-0.2, -0.15) is 5.26 Å². The maximum atomic E-state index is 8.75. The van der Waals surface area contributed by atoms with Crippen molar-refractivity contribution in [2.45, 2.75) is 6.92 Å². The molecule has 1 N–H and O–H groups in total. The molecule has 0 amide bonds. The van der Waals surface area contributed by atoms with Crippen molar-refractivity contribution < 1.29 is 5.11 Å². The predicted molar refractivity (Wildman–Crippen MR) is 33.1 cm³/mol. The molecule has 1 rings (SSSR count). The van der Waals surface area contributed by atoms with Crippen LogP contribution in [0.25, 0.3) is 0 Å². The molecule has 1 aromatic heterocycles. The van der Waals surface area contributed by atoms with Crippen LogP contribution in [0.3, 0.4) is 0 Å². The van der Waals surface area contributed by atoms with Crippen molar-refractivity contribution in [3.8, 4) is 11.9 Å². The third-order valence-corrected chi connectivity index (χ3v) is 1.08. The number of nitrogens with zero attached hydrogens (tertiary/aromatic N) is 3. The Morgan fingerprint density at radius 3 is 2.80 bits per heavy atom. The van der Waals surface area contributed by atoms with E-state index in [4.69, 9.17) is 10.4 Å². The minimum atomic E-state index is -0.156. The van der Waals surface area contributed by atoms with Gasteiger partial charge in [-0.15, -0.1) is 10.2 Å². The van der Waals surface area contributed by atoms with E-state index in [1.54, 1.807) is 6.92 Å². The van der Waals surface area contributed by atoms with Gasteiger partial charge in [0.1, 0.15) is 6.07 Å². The summed E-state index contributed by atoms with van der Waals surface area (Å²) in [6, 6.07) is 3.23. The third kappa shape index (κ3) is 1.03. The van der Waals surface area contributed by atoms with Crippen molar-refractivity contribution in [1.82, 2.24) is 10.2 Å². The van der Waals surface area contributed by atoms with Crippen LogP contribution in [-0.4, -0.2) is 15.3 Å². The molecule has 0 radical (unpaired) electrons. The average Bonchev–Trinajstić information content (AvgIpc) is 1.88. The van der Waals surface area contributed by atoms with E-state index >= 15 is 0 Å². The molecule has 1 aromatic rings. The number of rotatable bonds is 0. The van der Waals surface area contributed by atoms with E-state index in [1.165, 1.54) is 6.07 Å². The lowest BCUT2D eigenvalue weighted by Crippen LogP contribution is -1.90. The van der Waals surface area contributed by atoms with Gasteiger partial charge in [-0.3, -0.25) is 0 Å². The van der Waals surface area contributed by atoms with Gasteiger partial charge in [-0.25, -0.2) is 0 Å². The molecule has 4 nitrogen and oxygen atoms in total. The molecule has 0 aromatic carbocycles. The summed E-state index contributed by atoms with van der Waals surface area (Å²) >= 11 is 0. The van der Waals surface area contributed by atoms with Crippen molar-refractivity contribution in [3.63, 3.8) is 0 Å². The molecular weight excluding hydrogens is 130 g/mol. The van der Waals surface area contributed by atoms with E-state index in [1.807, 2.05) is 6.07 Å². The summed E-state index contributed by atoms with van der Waals surface area (Å²) in [5.74, 6) is -0.156. The molecule has 1 heterocycles. The average molecular weight is 135 g/mol. The number of hydrogen-bond acceptors (Lipinski definition) is 4. The second kappa shape index (κ2) is 2.31. The van der Waals surface area contributed by atoms with E-state index in [2.05, 4.69) is 10.2 Å². The van der Waals surface area contributed by atoms with E-state index in [9.17, 15) is 0 Å².